The minimum Gasteiger partial charge on any atom is -0.748 e. The quantitative estimate of drug-likeness (QED) is 0.219. The Bertz CT molecular complexity index is 325. The van der Waals surface area contributed by atoms with E-state index in [4.69, 9.17) is 4.74 Å². The van der Waals surface area contributed by atoms with Gasteiger partial charge in [-0.3, -0.25) is 0 Å². The van der Waals surface area contributed by atoms with Crippen LogP contribution in [0.1, 0.15) is 6.92 Å². The zero-order valence-electron chi connectivity index (χ0n) is 9.39. The fourth-order valence-electron chi connectivity index (χ4n) is 0.580. The molecule has 0 aromatic heterocycles. The topological polar surface area (TPSA) is 83.5 Å². The molecule has 0 fully saturated rings. The summed E-state index contributed by atoms with van der Waals surface area (Å²) in [7, 11) is -4.13. The Morgan fingerprint density at radius 1 is 1.44 bits per heavy atom. The molecule has 0 heterocycles. The van der Waals surface area contributed by atoms with Crippen LogP contribution in [0, 0.1) is 0 Å². The molecular formula is C8H13O5RbS2. The summed E-state index contributed by atoms with van der Waals surface area (Å²) in [5.74, 6) is -0.177. The maximum atomic E-state index is 10.9. The van der Waals surface area contributed by atoms with Crippen LogP contribution in [0.2, 0.25) is 0 Å². The van der Waals surface area contributed by atoms with Gasteiger partial charge < -0.3 is 9.29 Å². The summed E-state index contributed by atoms with van der Waals surface area (Å²) in [6.45, 7) is 5.13. The fourth-order valence-corrected chi connectivity index (χ4v) is 2.27. The smallest absolute Gasteiger partial charge is 0.748 e. The first kappa shape index (κ1) is 19.6. The second-order valence-electron chi connectivity index (χ2n) is 2.79. The average molecular weight is 339 g/mol. The van der Waals surface area contributed by atoms with Crippen LogP contribution in [0.25, 0.3) is 0 Å². The number of carbonyl (C=O) groups excluding carboxylic acids is 1. The Morgan fingerprint density at radius 2 is 2.00 bits per heavy atom. The minimum atomic E-state index is -4.13. The van der Waals surface area contributed by atoms with Gasteiger partial charge in [0.15, 0.2) is 0 Å². The maximum absolute atomic E-state index is 10.9. The van der Waals surface area contributed by atoms with Crippen molar-refractivity contribution >= 4 is 27.8 Å². The van der Waals surface area contributed by atoms with E-state index >= 15 is 0 Å². The third-order valence-corrected chi connectivity index (χ3v) is 3.20. The predicted octanol–water partition coefficient (Wildman–Crippen LogP) is -2.61. The second kappa shape index (κ2) is 10.2. The standard InChI is InChI=1S/C8H14O5S2.Rb/c1-7(2)8(9)13-3-4-14-5-6-15(10,11)12;/h1,3-6H2,2H3,(H,10,11,12);/q;+1/p-1. The molecule has 0 bridgehead atoms. The van der Waals surface area contributed by atoms with Gasteiger partial charge in [0.25, 0.3) is 0 Å². The number of rotatable bonds is 7. The first-order valence-electron chi connectivity index (χ1n) is 4.17. The Kier molecular flexibility index (Phi) is 12.5. The van der Waals surface area contributed by atoms with Gasteiger partial charge in [-0.25, -0.2) is 13.2 Å². The van der Waals surface area contributed by atoms with E-state index < -0.39 is 21.8 Å². The summed E-state index contributed by atoms with van der Waals surface area (Å²) in [4.78, 5) is 10.9. The molecule has 0 aromatic rings. The Labute approximate surface area is 149 Å². The molecule has 0 saturated heterocycles. The van der Waals surface area contributed by atoms with Gasteiger partial charge in [0.2, 0.25) is 0 Å². The molecule has 88 valence electrons. The maximum Gasteiger partial charge on any atom is 1.00 e. The molecule has 16 heavy (non-hydrogen) atoms. The predicted molar refractivity (Wildman–Crippen MR) is 57.7 cm³/mol. The largest absolute Gasteiger partial charge is 1.00 e. The van der Waals surface area contributed by atoms with Crippen LogP contribution in [-0.2, 0) is 19.6 Å². The van der Waals surface area contributed by atoms with Gasteiger partial charge >= 0.3 is 64.2 Å². The Morgan fingerprint density at radius 3 is 2.44 bits per heavy atom. The molecule has 5 nitrogen and oxygen atoms in total. The molecule has 0 N–H and O–H groups in total. The summed E-state index contributed by atoms with van der Waals surface area (Å²) < 4.78 is 35.3. The van der Waals surface area contributed by atoms with Gasteiger partial charge in [-0.15, -0.1) is 0 Å². The number of esters is 1. The van der Waals surface area contributed by atoms with Crippen molar-refractivity contribution in [3.8, 4) is 0 Å². The molecule has 0 spiro atoms. The van der Waals surface area contributed by atoms with Crippen LogP contribution in [0.15, 0.2) is 12.2 Å². The molecule has 0 amide bonds. The van der Waals surface area contributed by atoms with Crippen LogP contribution in [0.3, 0.4) is 0 Å². The average Bonchev–Trinajstić information content (AvgIpc) is 2.08. The number of hydrogen-bond donors (Lipinski definition) is 0. The third kappa shape index (κ3) is 13.3. The van der Waals surface area contributed by atoms with Crippen LogP contribution >= 0.6 is 11.8 Å². The monoisotopic (exact) mass is 338 g/mol. The Balaban J connectivity index is 0. The third-order valence-electron chi connectivity index (χ3n) is 1.29. The molecule has 0 aliphatic heterocycles. The van der Waals surface area contributed by atoms with E-state index in [2.05, 4.69) is 6.58 Å². The summed E-state index contributed by atoms with van der Waals surface area (Å²) >= 11 is 1.25. The number of ether oxygens (including phenoxy) is 1. The van der Waals surface area contributed by atoms with Crippen molar-refractivity contribution in [1.29, 1.82) is 0 Å². The van der Waals surface area contributed by atoms with Crippen LogP contribution in [0.4, 0.5) is 0 Å². The normalized spacial score (nSPS) is 10.4. The summed E-state index contributed by atoms with van der Waals surface area (Å²) in [5.41, 5.74) is 0.321. The van der Waals surface area contributed by atoms with E-state index in [-0.39, 0.29) is 70.5 Å². The van der Waals surface area contributed by atoms with E-state index in [0.29, 0.717) is 11.3 Å². The number of carbonyl (C=O) groups is 1. The molecule has 0 radical (unpaired) electrons. The van der Waals surface area contributed by atoms with E-state index in [1.807, 2.05) is 0 Å². The van der Waals surface area contributed by atoms with Crippen molar-refractivity contribution < 1.29 is 80.7 Å². The number of thioether (sulfide) groups is 1. The van der Waals surface area contributed by atoms with Crippen molar-refractivity contribution in [1.82, 2.24) is 0 Å². The molecule has 0 rings (SSSR count). The Hall–Kier alpha value is 1.28. The van der Waals surface area contributed by atoms with Crippen molar-refractivity contribution in [3.05, 3.63) is 12.2 Å². The van der Waals surface area contributed by atoms with Gasteiger partial charge in [0.05, 0.1) is 10.1 Å². The minimum absolute atomic E-state index is 0. The van der Waals surface area contributed by atoms with E-state index in [1.165, 1.54) is 11.8 Å². The molecule has 0 saturated carbocycles. The van der Waals surface area contributed by atoms with Crippen molar-refractivity contribution in [2.24, 2.45) is 0 Å². The fraction of sp³-hybridized carbons (Fsp3) is 0.625. The number of hydrogen-bond acceptors (Lipinski definition) is 6. The summed E-state index contributed by atoms with van der Waals surface area (Å²) in [6, 6.07) is 0. The van der Waals surface area contributed by atoms with Crippen LogP contribution in [-0.4, -0.2) is 42.8 Å². The first-order chi connectivity index (χ1) is 6.83. The molecule has 0 aliphatic rings. The van der Waals surface area contributed by atoms with Gasteiger partial charge in [-0.05, 0) is 6.92 Å². The SMILES string of the molecule is C=C(C)C(=O)OCCSCCS(=O)(=O)[O-].[Rb+]. The molecule has 0 aromatic carbocycles. The van der Waals surface area contributed by atoms with E-state index in [1.54, 1.807) is 6.92 Å². The molecule has 8 heteroatoms. The molecule has 0 aliphatic carbocycles. The second-order valence-corrected chi connectivity index (χ2v) is 5.54. The van der Waals surface area contributed by atoms with Gasteiger partial charge in [0.1, 0.15) is 6.61 Å². The van der Waals surface area contributed by atoms with Crippen LogP contribution in [0.5, 0.6) is 0 Å². The summed E-state index contributed by atoms with van der Waals surface area (Å²) in [5, 5.41) is 0. The van der Waals surface area contributed by atoms with Gasteiger partial charge in [-0.1, -0.05) is 6.58 Å². The van der Waals surface area contributed by atoms with Crippen LogP contribution < -0.4 is 58.2 Å². The molecule has 0 atom stereocenters. The van der Waals surface area contributed by atoms with Crippen molar-refractivity contribution in [2.75, 3.05) is 23.9 Å². The van der Waals surface area contributed by atoms with E-state index in [9.17, 15) is 17.8 Å². The van der Waals surface area contributed by atoms with Crippen molar-refractivity contribution in [3.63, 3.8) is 0 Å². The van der Waals surface area contributed by atoms with Crippen molar-refractivity contribution in [2.45, 2.75) is 6.92 Å². The molecular weight excluding hydrogens is 326 g/mol. The zero-order chi connectivity index (χ0) is 11.9. The first-order valence-corrected chi connectivity index (χ1v) is 6.90. The molecule has 0 unspecified atom stereocenters. The van der Waals surface area contributed by atoms with Gasteiger partial charge in [0, 0.05) is 22.8 Å². The zero-order valence-corrected chi connectivity index (χ0v) is 15.9. The summed E-state index contributed by atoms with van der Waals surface area (Å²) in [6.07, 6.45) is 0. The van der Waals surface area contributed by atoms with Gasteiger partial charge in [-0.2, -0.15) is 11.8 Å². The van der Waals surface area contributed by atoms with E-state index in [0.717, 1.165) is 0 Å².